The molecule has 1 aromatic carbocycles. The Morgan fingerprint density at radius 3 is 2.87 bits per heavy atom. The predicted octanol–water partition coefficient (Wildman–Crippen LogP) is 1.81. The first-order valence-electron chi connectivity index (χ1n) is 5.08. The molecule has 3 heteroatoms. The van der Waals surface area contributed by atoms with Crippen molar-refractivity contribution in [1.82, 2.24) is 5.32 Å². The summed E-state index contributed by atoms with van der Waals surface area (Å²) in [6.45, 7) is 4.97. The summed E-state index contributed by atoms with van der Waals surface area (Å²) >= 11 is 0. The zero-order valence-corrected chi connectivity index (χ0v) is 9.16. The van der Waals surface area contributed by atoms with Crippen LogP contribution in [0.2, 0.25) is 0 Å². The summed E-state index contributed by atoms with van der Waals surface area (Å²) in [5, 5.41) is 11.8. The Balaban J connectivity index is 2.35. The number of nitrogens with one attached hydrogen (secondary N) is 1. The van der Waals surface area contributed by atoms with E-state index in [1.165, 1.54) is 11.1 Å². The lowest BCUT2D eigenvalue weighted by molar-refractivity contribution is -0.140. The highest BCUT2D eigenvalue weighted by molar-refractivity contribution is 5.69. The molecule has 2 N–H and O–H groups in total. The van der Waals surface area contributed by atoms with Gasteiger partial charge >= 0.3 is 5.97 Å². The quantitative estimate of drug-likeness (QED) is 0.774. The molecule has 0 aromatic heterocycles. The van der Waals surface area contributed by atoms with Crippen molar-refractivity contribution in [1.29, 1.82) is 0 Å². The highest BCUT2D eigenvalue weighted by Gasteiger charge is 2.09. The highest BCUT2D eigenvalue weighted by atomic mass is 16.4. The zero-order chi connectivity index (χ0) is 11.3. The van der Waals surface area contributed by atoms with E-state index in [9.17, 15) is 4.79 Å². The van der Waals surface area contributed by atoms with Gasteiger partial charge in [0.1, 0.15) is 0 Å². The lowest BCUT2D eigenvalue weighted by Gasteiger charge is -2.08. The Labute approximate surface area is 90.1 Å². The van der Waals surface area contributed by atoms with Crippen LogP contribution < -0.4 is 5.32 Å². The number of rotatable bonds is 5. The highest BCUT2D eigenvalue weighted by Crippen LogP contribution is 2.03. The van der Waals surface area contributed by atoms with Gasteiger partial charge in [-0.05, 0) is 12.5 Å². The molecule has 0 fully saturated rings. The molecule has 1 atom stereocenters. The number of aliphatic carboxylic acids is 1. The van der Waals surface area contributed by atoms with Gasteiger partial charge in [0.25, 0.3) is 0 Å². The molecule has 0 saturated heterocycles. The van der Waals surface area contributed by atoms with E-state index in [0.717, 1.165) is 6.54 Å². The Hall–Kier alpha value is -1.35. The Kier molecular flexibility index (Phi) is 4.31. The summed E-state index contributed by atoms with van der Waals surface area (Å²) in [5.74, 6) is -1.10. The fraction of sp³-hybridized carbons (Fsp3) is 0.417. The van der Waals surface area contributed by atoms with E-state index in [0.29, 0.717) is 6.54 Å². The molecule has 0 heterocycles. The van der Waals surface area contributed by atoms with E-state index in [1.54, 1.807) is 6.92 Å². The van der Waals surface area contributed by atoms with Gasteiger partial charge in [0.2, 0.25) is 0 Å². The molecule has 82 valence electrons. The van der Waals surface area contributed by atoms with Crippen LogP contribution >= 0.6 is 0 Å². The first-order chi connectivity index (χ1) is 7.09. The van der Waals surface area contributed by atoms with E-state index < -0.39 is 5.97 Å². The Morgan fingerprint density at radius 1 is 1.53 bits per heavy atom. The van der Waals surface area contributed by atoms with E-state index in [2.05, 4.69) is 11.4 Å². The van der Waals surface area contributed by atoms with Crippen LogP contribution in [-0.2, 0) is 11.3 Å². The molecule has 1 aromatic rings. The van der Waals surface area contributed by atoms with Gasteiger partial charge in [-0.25, -0.2) is 0 Å². The van der Waals surface area contributed by atoms with Crippen molar-refractivity contribution in [2.45, 2.75) is 20.4 Å². The smallest absolute Gasteiger partial charge is 0.307 e. The van der Waals surface area contributed by atoms with Gasteiger partial charge in [-0.3, -0.25) is 4.79 Å². The van der Waals surface area contributed by atoms with E-state index in [-0.39, 0.29) is 5.92 Å². The molecule has 0 aliphatic carbocycles. The third-order valence-electron chi connectivity index (χ3n) is 2.28. The van der Waals surface area contributed by atoms with Crippen molar-refractivity contribution in [2.24, 2.45) is 5.92 Å². The summed E-state index contributed by atoms with van der Waals surface area (Å²) in [6, 6.07) is 8.18. The molecule has 15 heavy (non-hydrogen) atoms. The van der Waals surface area contributed by atoms with E-state index in [4.69, 9.17) is 5.11 Å². The first kappa shape index (κ1) is 11.7. The fourth-order valence-corrected chi connectivity index (χ4v) is 1.34. The second-order valence-electron chi connectivity index (χ2n) is 3.86. The number of benzene rings is 1. The van der Waals surface area contributed by atoms with Crippen LogP contribution in [0.15, 0.2) is 24.3 Å². The zero-order valence-electron chi connectivity index (χ0n) is 9.16. The SMILES string of the molecule is Cc1cccc(CNCC(C)C(=O)O)c1. The van der Waals surface area contributed by atoms with Gasteiger partial charge in [0.05, 0.1) is 5.92 Å². The molecule has 0 radical (unpaired) electrons. The van der Waals surface area contributed by atoms with Crippen molar-refractivity contribution in [3.8, 4) is 0 Å². The largest absolute Gasteiger partial charge is 0.481 e. The molecule has 0 amide bonds. The van der Waals surface area contributed by atoms with Crippen LogP contribution in [0.5, 0.6) is 0 Å². The van der Waals surface area contributed by atoms with Crippen LogP contribution in [0.25, 0.3) is 0 Å². The first-order valence-corrected chi connectivity index (χ1v) is 5.08. The minimum absolute atomic E-state index is 0.338. The molecule has 0 saturated carbocycles. The van der Waals surface area contributed by atoms with Crippen molar-refractivity contribution in [2.75, 3.05) is 6.54 Å². The summed E-state index contributed by atoms with van der Waals surface area (Å²) in [5.41, 5.74) is 2.41. The molecule has 3 nitrogen and oxygen atoms in total. The summed E-state index contributed by atoms with van der Waals surface area (Å²) in [4.78, 5) is 10.6. The Morgan fingerprint density at radius 2 is 2.27 bits per heavy atom. The minimum atomic E-state index is -0.758. The van der Waals surface area contributed by atoms with Crippen LogP contribution in [0.4, 0.5) is 0 Å². The van der Waals surface area contributed by atoms with Gasteiger partial charge in [-0.15, -0.1) is 0 Å². The molecule has 0 spiro atoms. The van der Waals surface area contributed by atoms with Gasteiger partial charge in [0, 0.05) is 13.1 Å². The normalized spacial score (nSPS) is 12.4. The van der Waals surface area contributed by atoms with Crippen LogP contribution in [0.1, 0.15) is 18.1 Å². The molecular weight excluding hydrogens is 190 g/mol. The third-order valence-corrected chi connectivity index (χ3v) is 2.28. The summed E-state index contributed by atoms with van der Waals surface area (Å²) in [7, 11) is 0. The predicted molar refractivity (Wildman–Crippen MR) is 59.7 cm³/mol. The number of hydrogen-bond acceptors (Lipinski definition) is 2. The maximum absolute atomic E-state index is 10.6. The molecule has 0 bridgehead atoms. The van der Waals surface area contributed by atoms with E-state index in [1.807, 2.05) is 25.1 Å². The second kappa shape index (κ2) is 5.51. The van der Waals surface area contributed by atoms with Gasteiger partial charge in [-0.1, -0.05) is 36.8 Å². The van der Waals surface area contributed by atoms with Crippen molar-refractivity contribution in [3.05, 3.63) is 35.4 Å². The van der Waals surface area contributed by atoms with Crippen molar-refractivity contribution < 1.29 is 9.90 Å². The van der Waals surface area contributed by atoms with Crippen LogP contribution in [-0.4, -0.2) is 17.6 Å². The lowest BCUT2D eigenvalue weighted by atomic mass is 10.1. The third kappa shape index (κ3) is 4.13. The van der Waals surface area contributed by atoms with Gasteiger partial charge in [-0.2, -0.15) is 0 Å². The second-order valence-corrected chi connectivity index (χ2v) is 3.86. The van der Waals surface area contributed by atoms with Gasteiger partial charge in [0.15, 0.2) is 0 Å². The molecule has 0 aliphatic rings. The standard InChI is InChI=1S/C12H17NO2/c1-9-4-3-5-11(6-9)8-13-7-10(2)12(14)15/h3-6,10,13H,7-8H2,1-2H3,(H,14,15). The number of hydrogen-bond donors (Lipinski definition) is 2. The molecule has 0 aliphatic heterocycles. The number of aryl methyl sites for hydroxylation is 1. The van der Waals surface area contributed by atoms with Crippen LogP contribution in [0.3, 0.4) is 0 Å². The lowest BCUT2D eigenvalue weighted by Crippen LogP contribution is -2.25. The van der Waals surface area contributed by atoms with Crippen molar-refractivity contribution in [3.63, 3.8) is 0 Å². The molecular formula is C12H17NO2. The maximum atomic E-state index is 10.6. The number of carboxylic acids is 1. The Bertz CT molecular complexity index is 336. The van der Waals surface area contributed by atoms with Gasteiger partial charge < -0.3 is 10.4 Å². The number of carbonyl (C=O) groups is 1. The monoisotopic (exact) mass is 207 g/mol. The average Bonchev–Trinajstić information content (AvgIpc) is 2.17. The topological polar surface area (TPSA) is 49.3 Å². The minimum Gasteiger partial charge on any atom is -0.481 e. The average molecular weight is 207 g/mol. The summed E-state index contributed by atoms with van der Waals surface area (Å²) in [6.07, 6.45) is 0. The fourth-order valence-electron chi connectivity index (χ4n) is 1.34. The molecule has 1 rings (SSSR count). The number of carboxylic acid groups (broad SMARTS) is 1. The van der Waals surface area contributed by atoms with Crippen molar-refractivity contribution >= 4 is 5.97 Å². The maximum Gasteiger partial charge on any atom is 0.307 e. The molecule has 1 unspecified atom stereocenters. The summed E-state index contributed by atoms with van der Waals surface area (Å²) < 4.78 is 0. The van der Waals surface area contributed by atoms with E-state index >= 15 is 0 Å². The van der Waals surface area contributed by atoms with Crippen LogP contribution in [0, 0.1) is 12.8 Å².